The Hall–Kier alpha value is -1.75. The van der Waals surface area contributed by atoms with Crippen molar-refractivity contribution in [2.75, 3.05) is 13.7 Å². The normalized spacial score (nSPS) is 12.1. The number of hydrogen-bond donors (Lipinski definition) is 2. The van der Waals surface area contributed by atoms with Gasteiger partial charge < -0.3 is 20.5 Å². The topological polar surface area (TPSA) is 73.6 Å². The minimum absolute atomic E-state index is 0.0785. The van der Waals surface area contributed by atoms with Crippen LogP contribution in [0, 0.1) is 0 Å². The van der Waals surface area contributed by atoms with Crippen molar-refractivity contribution >= 4 is 5.91 Å². The molecule has 0 fully saturated rings. The van der Waals surface area contributed by atoms with E-state index in [2.05, 4.69) is 5.32 Å². The summed E-state index contributed by atoms with van der Waals surface area (Å²) in [6, 6.07) is 5.70. The average Bonchev–Trinajstić information content (AvgIpc) is 2.40. The van der Waals surface area contributed by atoms with E-state index in [0.717, 1.165) is 5.56 Å². The quantitative estimate of drug-likeness (QED) is 0.793. The highest BCUT2D eigenvalue weighted by molar-refractivity contribution is 5.81. The van der Waals surface area contributed by atoms with E-state index in [0.29, 0.717) is 24.5 Å². The summed E-state index contributed by atoms with van der Waals surface area (Å²) in [5.41, 5.74) is 6.54. The molecular weight excluding hydrogens is 256 g/mol. The van der Waals surface area contributed by atoms with Gasteiger partial charge in [0.15, 0.2) is 17.6 Å². The van der Waals surface area contributed by atoms with E-state index >= 15 is 0 Å². The van der Waals surface area contributed by atoms with Crippen molar-refractivity contribution in [1.82, 2.24) is 5.32 Å². The van der Waals surface area contributed by atoms with Gasteiger partial charge in [0.2, 0.25) is 0 Å². The maximum absolute atomic E-state index is 11.9. The molecule has 1 rings (SSSR count). The lowest BCUT2D eigenvalue weighted by Gasteiger charge is -2.20. The third-order valence-electron chi connectivity index (χ3n) is 2.79. The molecule has 0 saturated carbocycles. The molecule has 0 radical (unpaired) electrons. The Kier molecular flexibility index (Phi) is 6.31. The molecule has 20 heavy (non-hydrogen) atoms. The summed E-state index contributed by atoms with van der Waals surface area (Å²) < 4.78 is 11.1. The average molecular weight is 280 g/mol. The number of ether oxygens (including phenoxy) is 2. The largest absolute Gasteiger partial charge is 0.493 e. The zero-order valence-electron chi connectivity index (χ0n) is 12.6. The molecule has 0 aliphatic carbocycles. The first-order valence-corrected chi connectivity index (χ1v) is 6.82. The Labute approximate surface area is 120 Å². The summed E-state index contributed by atoms with van der Waals surface area (Å²) in [6.07, 6.45) is 0.0793. The van der Waals surface area contributed by atoms with Crippen molar-refractivity contribution in [3.63, 3.8) is 0 Å². The molecule has 0 heterocycles. The number of nitrogens with two attached hydrogens (primary N) is 1. The van der Waals surface area contributed by atoms with E-state index in [4.69, 9.17) is 15.2 Å². The highest BCUT2D eigenvalue weighted by Gasteiger charge is 2.19. The molecule has 5 nitrogen and oxygen atoms in total. The molecule has 1 aromatic carbocycles. The summed E-state index contributed by atoms with van der Waals surface area (Å²) in [7, 11) is 1.58. The fourth-order valence-electron chi connectivity index (χ4n) is 1.84. The van der Waals surface area contributed by atoms with Crippen LogP contribution in [0.5, 0.6) is 11.5 Å². The Morgan fingerprint density at radius 2 is 2.05 bits per heavy atom. The lowest BCUT2D eigenvalue weighted by molar-refractivity contribution is -0.127. The Morgan fingerprint density at radius 3 is 2.60 bits per heavy atom. The molecule has 0 aromatic heterocycles. The van der Waals surface area contributed by atoms with Crippen LogP contribution in [0.2, 0.25) is 0 Å². The molecular formula is C15H24N2O3. The number of methoxy groups -OCH3 is 1. The minimum Gasteiger partial charge on any atom is -0.493 e. The number of benzene rings is 1. The van der Waals surface area contributed by atoms with Crippen molar-refractivity contribution in [2.45, 2.75) is 39.3 Å². The number of hydrogen-bond acceptors (Lipinski definition) is 4. The third kappa shape index (κ3) is 4.42. The van der Waals surface area contributed by atoms with Crippen molar-refractivity contribution in [2.24, 2.45) is 5.73 Å². The molecule has 1 amide bonds. The third-order valence-corrected chi connectivity index (χ3v) is 2.79. The number of carbonyl (C=O) groups excluding carboxylic acids is 1. The minimum atomic E-state index is -0.592. The van der Waals surface area contributed by atoms with Crippen LogP contribution in [-0.4, -0.2) is 31.7 Å². The van der Waals surface area contributed by atoms with Gasteiger partial charge in [-0.05, 0) is 45.4 Å². The number of nitrogens with one attached hydrogen (secondary N) is 1. The van der Waals surface area contributed by atoms with Gasteiger partial charge >= 0.3 is 0 Å². The van der Waals surface area contributed by atoms with Gasteiger partial charge in [-0.15, -0.1) is 0 Å². The molecule has 1 unspecified atom stereocenters. The number of amides is 1. The molecule has 0 saturated heterocycles. The van der Waals surface area contributed by atoms with E-state index in [1.54, 1.807) is 14.0 Å². The smallest absolute Gasteiger partial charge is 0.260 e. The van der Waals surface area contributed by atoms with Crippen LogP contribution in [0.1, 0.15) is 26.3 Å². The molecule has 3 N–H and O–H groups in total. The van der Waals surface area contributed by atoms with E-state index in [1.807, 2.05) is 32.0 Å². The highest BCUT2D eigenvalue weighted by atomic mass is 16.5. The number of carbonyl (C=O) groups is 1. The molecule has 0 bridgehead atoms. The Morgan fingerprint density at radius 1 is 1.35 bits per heavy atom. The van der Waals surface area contributed by atoms with Crippen LogP contribution in [0.3, 0.4) is 0 Å². The lowest BCUT2D eigenvalue weighted by atomic mass is 10.1. The maximum atomic E-state index is 11.9. The molecule has 1 aromatic rings. The van der Waals surface area contributed by atoms with Crippen LogP contribution in [0.25, 0.3) is 0 Å². The monoisotopic (exact) mass is 280 g/mol. The maximum Gasteiger partial charge on any atom is 0.260 e. The van der Waals surface area contributed by atoms with Gasteiger partial charge in [0.1, 0.15) is 0 Å². The van der Waals surface area contributed by atoms with Crippen molar-refractivity contribution in [1.29, 1.82) is 0 Å². The van der Waals surface area contributed by atoms with Crippen LogP contribution in [0.15, 0.2) is 18.2 Å². The summed E-state index contributed by atoms with van der Waals surface area (Å²) in [5.74, 6) is 1.05. The van der Waals surface area contributed by atoms with E-state index in [1.165, 1.54) is 0 Å². The summed E-state index contributed by atoms with van der Waals surface area (Å²) in [4.78, 5) is 11.9. The second-order valence-corrected chi connectivity index (χ2v) is 4.91. The van der Waals surface area contributed by atoms with Gasteiger partial charge in [-0.1, -0.05) is 12.1 Å². The second kappa shape index (κ2) is 7.75. The van der Waals surface area contributed by atoms with Crippen LogP contribution >= 0.6 is 0 Å². The van der Waals surface area contributed by atoms with Crippen molar-refractivity contribution in [3.8, 4) is 11.5 Å². The van der Waals surface area contributed by atoms with Gasteiger partial charge in [0, 0.05) is 6.04 Å². The molecule has 0 spiro atoms. The molecule has 112 valence electrons. The first-order valence-electron chi connectivity index (χ1n) is 6.82. The summed E-state index contributed by atoms with van der Waals surface area (Å²) in [5, 5.41) is 2.82. The lowest BCUT2D eigenvalue weighted by Crippen LogP contribution is -2.40. The molecule has 5 heteroatoms. The van der Waals surface area contributed by atoms with Gasteiger partial charge in [-0.2, -0.15) is 0 Å². The van der Waals surface area contributed by atoms with Crippen molar-refractivity contribution < 1.29 is 14.3 Å². The fraction of sp³-hybridized carbons (Fsp3) is 0.533. The fourth-order valence-corrected chi connectivity index (χ4v) is 1.84. The SMILES string of the molecule is COc1cccc(CCN)c1OC(C)C(=O)NC(C)C. The predicted molar refractivity (Wildman–Crippen MR) is 79.1 cm³/mol. The predicted octanol–water partition coefficient (Wildman–Crippen LogP) is 1.49. The van der Waals surface area contributed by atoms with Crippen LogP contribution in [0.4, 0.5) is 0 Å². The van der Waals surface area contributed by atoms with E-state index in [-0.39, 0.29) is 11.9 Å². The molecule has 0 aliphatic rings. The summed E-state index contributed by atoms with van der Waals surface area (Å²) in [6.45, 7) is 6.05. The Bertz CT molecular complexity index is 447. The van der Waals surface area contributed by atoms with Crippen LogP contribution < -0.4 is 20.5 Å². The van der Waals surface area contributed by atoms with E-state index < -0.39 is 6.10 Å². The standard InChI is InChI=1S/C15H24N2O3/c1-10(2)17-15(18)11(3)20-14-12(8-9-16)6-5-7-13(14)19-4/h5-7,10-11H,8-9,16H2,1-4H3,(H,17,18). The number of para-hydroxylation sites is 1. The first-order chi connectivity index (χ1) is 9.49. The van der Waals surface area contributed by atoms with Gasteiger partial charge in [-0.3, -0.25) is 4.79 Å². The zero-order chi connectivity index (χ0) is 15.1. The van der Waals surface area contributed by atoms with Gasteiger partial charge in [0.25, 0.3) is 5.91 Å². The molecule has 0 aliphatic heterocycles. The van der Waals surface area contributed by atoms with Gasteiger partial charge in [-0.25, -0.2) is 0 Å². The zero-order valence-corrected chi connectivity index (χ0v) is 12.6. The van der Waals surface area contributed by atoms with E-state index in [9.17, 15) is 4.79 Å². The number of rotatable bonds is 7. The first kappa shape index (κ1) is 16.3. The summed E-state index contributed by atoms with van der Waals surface area (Å²) >= 11 is 0. The van der Waals surface area contributed by atoms with Gasteiger partial charge in [0.05, 0.1) is 7.11 Å². The highest BCUT2D eigenvalue weighted by Crippen LogP contribution is 2.32. The molecule has 1 atom stereocenters. The second-order valence-electron chi connectivity index (χ2n) is 4.91. The Balaban J connectivity index is 2.91. The van der Waals surface area contributed by atoms with Crippen LogP contribution in [-0.2, 0) is 11.2 Å². The van der Waals surface area contributed by atoms with Crippen molar-refractivity contribution in [3.05, 3.63) is 23.8 Å².